The first-order chi connectivity index (χ1) is 13.5. The summed E-state index contributed by atoms with van der Waals surface area (Å²) in [6.07, 6.45) is 0. The first-order valence-corrected chi connectivity index (χ1v) is 8.95. The summed E-state index contributed by atoms with van der Waals surface area (Å²) in [5.74, 6) is -0.159. The summed E-state index contributed by atoms with van der Waals surface area (Å²) in [6, 6.07) is 9.09. The number of carbonyl (C=O) groups is 2. The molecule has 7 nitrogen and oxygen atoms in total. The monoisotopic (exact) mass is 387 g/mol. The third kappa shape index (κ3) is 4.33. The van der Waals surface area contributed by atoms with Gasteiger partial charge in [0.15, 0.2) is 11.6 Å². The third-order valence-electron chi connectivity index (χ3n) is 4.32. The van der Waals surface area contributed by atoms with Crippen molar-refractivity contribution in [3.63, 3.8) is 0 Å². The number of benzene rings is 2. The van der Waals surface area contributed by atoms with Crippen molar-refractivity contribution >= 4 is 17.6 Å². The van der Waals surface area contributed by atoms with E-state index in [0.717, 1.165) is 5.56 Å². The number of carbonyl (C=O) groups excluding carboxylic acids is 2. The Morgan fingerprint density at radius 3 is 2.79 bits per heavy atom. The zero-order valence-electron chi connectivity index (χ0n) is 15.8. The predicted molar refractivity (Wildman–Crippen MR) is 102 cm³/mol. The van der Waals surface area contributed by atoms with E-state index in [4.69, 9.17) is 9.47 Å². The van der Waals surface area contributed by atoms with Crippen LogP contribution in [-0.2, 0) is 6.54 Å². The van der Waals surface area contributed by atoms with Crippen LogP contribution in [0.25, 0.3) is 0 Å². The Labute approximate surface area is 162 Å². The van der Waals surface area contributed by atoms with E-state index in [0.29, 0.717) is 31.1 Å². The molecule has 1 heterocycles. The van der Waals surface area contributed by atoms with Crippen molar-refractivity contribution in [2.24, 2.45) is 0 Å². The van der Waals surface area contributed by atoms with Crippen LogP contribution in [0.4, 0.5) is 14.9 Å². The third-order valence-corrected chi connectivity index (χ3v) is 4.32. The molecule has 0 spiro atoms. The van der Waals surface area contributed by atoms with Crippen LogP contribution in [0.2, 0.25) is 0 Å². The number of urea groups is 1. The highest BCUT2D eigenvalue weighted by molar-refractivity contribution is 5.94. The van der Waals surface area contributed by atoms with Crippen molar-refractivity contribution in [1.29, 1.82) is 0 Å². The van der Waals surface area contributed by atoms with Gasteiger partial charge in [0, 0.05) is 29.9 Å². The van der Waals surface area contributed by atoms with Crippen molar-refractivity contribution in [3.8, 4) is 11.5 Å². The number of amides is 3. The van der Waals surface area contributed by atoms with E-state index in [-0.39, 0.29) is 29.8 Å². The van der Waals surface area contributed by atoms with Crippen molar-refractivity contribution in [3.05, 3.63) is 53.3 Å². The van der Waals surface area contributed by atoms with Gasteiger partial charge in [0.1, 0.15) is 12.4 Å². The smallest absolute Gasteiger partial charge is 0.319 e. The SMILES string of the molecule is CCNC(=O)Nc1ccc2c(c1)CN(C(=O)c1ccc(OC)c(F)c1)CCO2. The normalized spacial score (nSPS) is 13.0. The van der Waals surface area contributed by atoms with E-state index in [1.165, 1.54) is 25.3 Å². The van der Waals surface area contributed by atoms with Crippen molar-refractivity contribution in [2.75, 3.05) is 32.1 Å². The number of hydrogen-bond acceptors (Lipinski definition) is 4. The van der Waals surface area contributed by atoms with Crippen LogP contribution in [0.1, 0.15) is 22.8 Å². The molecule has 0 fully saturated rings. The maximum absolute atomic E-state index is 14.0. The molecule has 28 heavy (non-hydrogen) atoms. The quantitative estimate of drug-likeness (QED) is 0.845. The molecule has 0 radical (unpaired) electrons. The van der Waals surface area contributed by atoms with Gasteiger partial charge >= 0.3 is 6.03 Å². The fourth-order valence-corrected chi connectivity index (χ4v) is 2.96. The van der Waals surface area contributed by atoms with Crippen molar-refractivity contribution in [1.82, 2.24) is 10.2 Å². The van der Waals surface area contributed by atoms with Gasteiger partial charge in [0.25, 0.3) is 5.91 Å². The Morgan fingerprint density at radius 2 is 2.07 bits per heavy atom. The Morgan fingerprint density at radius 1 is 1.25 bits per heavy atom. The molecule has 8 heteroatoms. The van der Waals surface area contributed by atoms with Crippen LogP contribution in [0.15, 0.2) is 36.4 Å². The maximum atomic E-state index is 14.0. The molecule has 2 aromatic rings. The van der Waals surface area contributed by atoms with Crippen LogP contribution in [-0.4, -0.2) is 43.6 Å². The van der Waals surface area contributed by atoms with Gasteiger partial charge in [-0.05, 0) is 43.3 Å². The van der Waals surface area contributed by atoms with Crippen LogP contribution in [0.5, 0.6) is 11.5 Å². The van der Waals surface area contributed by atoms with Crippen molar-refractivity contribution < 1.29 is 23.5 Å². The Bertz CT molecular complexity index is 888. The number of halogens is 1. The van der Waals surface area contributed by atoms with Gasteiger partial charge in [-0.25, -0.2) is 9.18 Å². The fraction of sp³-hybridized carbons (Fsp3) is 0.300. The van der Waals surface area contributed by atoms with E-state index in [1.54, 1.807) is 23.1 Å². The van der Waals surface area contributed by atoms with E-state index in [2.05, 4.69) is 10.6 Å². The number of rotatable bonds is 4. The standard InChI is InChI=1S/C20H22FN3O4/c1-3-22-20(26)23-15-5-7-17-14(10-15)12-24(8-9-28-17)19(25)13-4-6-18(27-2)16(21)11-13/h4-7,10-11H,3,8-9,12H2,1-2H3,(H2,22,23,26). The minimum Gasteiger partial charge on any atom is -0.494 e. The van der Waals surface area contributed by atoms with E-state index in [1.807, 2.05) is 6.92 Å². The second-order valence-corrected chi connectivity index (χ2v) is 6.23. The first-order valence-electron chi connectivity index (χ1n) is 8.95. The van der Waals surface area contributed by atoms with Gasteiger partial charge in [-0.2, -0.15) is 0 Å². The van der Waals surface area contributed by atoms with Gasteiger partial charge in [0.2, 0.25) is 0 Å². The van der Waals surface area contributed by atoms with Crippen LogP contribution >= 0.6 is 0 Å². The molecule has 3 amide bonds. The van der Waals surface area contributed by atoms with E-state index < -0.39 is 5.82 Å². The number of methoxy groups -OCH3 is 1. The molecule has 2 aromatic carbocycles. The summed E-state index contributed by atoms with van der Waals surface area (Å²) >= 11 is 0. The number of nitrogens with one attached hydrogen (secondary N) is 2. The lowest BCUT2D eigenvalue weighted by atomic mass is 10.1. The molecule has 0 saturated carbocycles. The highest BCUT2D eigenvalue weighted by atomic mass is 19.1. The molecule has 2 N–H and O–H groups in total. The second-order valence-electron chi connectivity index (χ2n) is 6.23. The molecular formula is C20H22FN3O4. The lowest BCUT2D eigenvalue weighted by Gasteiger charge is -2.20. The van der Waals surface area contributed by atoms with E-state index >= 15 is 0 Å². The lowest BCUT2D eigenvalue weighted by molar-refractivity contribution is 0.0732. The van der Waals surface area contributed by atoms with Crippen molar-refractivity contribution in [2.45, 2.75) is 13.5 Å². The highest BCUT2D eigenvalue weighted by Crippen LogP contribution is 2.27. The average molecular weight is 387 g/mol. The zero-order valence-corrected chi connectivity index (χ0v) is 15.8. The Balaban J connectivity index is 1.80. The van der Waals surface area contributed by atoms with E-state index in [9.17, 15) is 14.0 Å². The molecule has 148 valence electrons. The molecule has 0 aromatic heterocycles. The molecule has 0 bridgehead atoms. The summed E-state index contributed by atoms with van der Waals surface area (Å²) in [7, 11) is 1.37. The van der Waals surface area contributed by atoms with Gasteiger partial charge in [-0.15, -0.1) is 0 Å². The fourth-order valence-electron chi connectivity index (χ4n) is 2.96. The summed E-state index contributed by atoms with van der Waals surface area (Å²) in [6.45, 7) is 3.31. The lowest BCUT2D eigenvalue weighted by Crippen LogP contribution is -2.32. The largest absolute Gasteiger partial charge is 0.494 e. The first kappa shape index (κ1) is 19.5. The molecule has 1 aliphatic heterocycles. The predicted octanol–water partition coefficient (Wildman–Crippen LogP) is 3.01. The Kier molecular flexibility index (Phi) is 5.98. The Hall–Kier alpha value is -3.29. The highest BCUT2D eigenvalue weighted by Gasteiger charge is 2.22. The van der Waals surface area contributed by atoms with Crippen LogP contribution in [0.3, 0.4) is 0 Å². The van der Waals surface area contributed by atoms with Crippen LogP contribution in [0, 0.1) is 5.82 Å². The number of fused-ring (bicyclic) bond motifs is 1. The molecular weight excluding hydrogens is 365 g/mol. The molecule has 0 unspecified atom stereocenters. The molecule has 0 saturated heterocycles. The average Bonchev–Trinajstić information content (AvgIpc) is 2.89. The number of hydrogen-bond donors (Lipinski definition) is 2. The molecule has 0 atom stereocenters. The number of anilines is 1. The topological polar surface area (TPSA) is 79.9 Å². The summed E-state index contributed by atoms with van der Waals surface area (Å²) in [5.41, 5.74) is 1.59. The molecule has 3 rings (SSSR count). The number of ether oxygens (including phenoxy) is 2. The van der Waals surface area contributed by atoms with Crippen LogP contribution < -0.4 is 20.1 Å². The summed E-state index contributed by atoms with van der Waals surface area (Å²) in [4.78, 5) is 26.2. The zero-order chi connectivity index (χ0) is 20.1. The van der Waals surface area contributed by atoms with Gasteiger partial charge in [0.05, 0.1) is 13.7 Å². The van der Waals surface area contributed by atoms with Gasteiger partial charge in [-0.3, -0.25) is 4.79 Å². The minimum atomic E-state index is -0.590. The minimum absolute atomic E-state index is 0.0853. The summed E-state index contributed by atoms with van der Waals surface area (Å²) < 4.78 is 24.6. The number of nitrogens with zero attached hydrogens (tertiary/aromatic N) is 1. The molecule has 1 aliphatic rings. The van der Waals surface area contributed by atoms with Gasteiger partial charge in [-0.1, -0.05) is 0 Å². The summed E-state index contributed by atoms with van der Waals surface area (Å²) in [5, 5.41) is 5.39. The second kappa shape index (κ2) is 8.60. The maximum Gasteiger partial charge on any atom is 0.319 e. The molecule has 0 aliphatic carbocycles. The van der Waals surface area contributed by atoms with Gasteiger partial charge < -0.3 is 25.0 Å².